The summed E-state index contributed by atoms with van der Waals surface area (Å²) >= 11 is 5.89. The zero-order valence-corrected chi connectivity index (χ0v) is 11.5. The molecule has 0 aliphatic rings. The molecule has 0 aliphatic heterocycles. The van der Waals surface area contributed by atoms with E-state index in [1.165, 1.54) is 6.08 Å². The molecule has 3 N–H and O–H groups in total. The minimum atomic E-state index is 0.354. The number of fused-ring (bicyclic) bond motifs is 1. The fourth-order valence-corrected chi connectivity index (χ4v) is 1.98. The Labute approximate surface area is 124 Å². The smallest absolute Gasteiger partial charge is 0.179 e. The van der Waals surface area contributed by atoms with E-state index >= 15 is 0 Å². The second-order valence-electron chi connectivity index (χ2n) is 4.14. The molecule has 0 amide bonds. The summed E-state index contributed by atoms with van der Waals surface area (Å²) in [5.41, 5.74) is 8.08. The van der Waals surface area contributed by atoms with Gasteiger partial charge in [0, 0.05) is 18.6 Å². The van der Waals surface area contributed by atoms with Crippen molar-refractivity contribution >= 4 is 29.2 Å². The highest BCUT2D eigenvalue weighted by Crippen LogP contribution is 2.19. The highest BCUT2D eigenvalue weighted by atomic mass is 35.5. The molecule has 7 nitrogen and oxygen atoms in total. The first-order valence-electron chi connectivity index (χ1n) is 5.97. The van der Waals surface area contributed by atoms with E-state index in [4.69, 9.17) is 22.7 Å². The lowest BCUT2D eigenvalue weighted by atomic mass is 10.3. The average Bonchev–Trinajstić information content (AvgIpc) is 2.90. The lowest BCUT2D eigenvalue weighted by molar-refractivity contribution is 1.07. The van der Waals surface area contributed by atoms with E-state index in [1.807, 2.05) is 0 Å². The first kappa shape index (κ1) is 13.2. The number of nitrogens with two attached hydrogens (primary N) is 1. The fourth-order valence-electron chi connectivity index (χ4n) is 1.84. The first-order valence-corrected chi connectivity index (χ1v) is 6.35. The van der Waals surface area contributed by atoms with Crippen LogP contribution in [0.1, 0.15) is 5.69 Å². The van der Waals surface area contributed by atoms with Crippen molar-refractivity contribution in [1.82, 2.24) is 24.3 Å². The molecular formula is C13H10ClN7. The molecule has 0 saturated heterocycles. The lowest BCUT2D eigenvalue weighted by Crippen LogP contribution is -2.02. The molecule has 0 saturated carbocycles. The molecule has 0 unspecified atom stereocenters. The predicted octanol–water partition coefficient (Wildman–Crippen LogP) is 1.79. The fraction of sp³-hybridized carbons (Fsp3) is 0. The molecule has 3 aromatic heterocycles. The number of allylic oxidation sites excluding steroid dienone is 1. The maximum atomic E-state index is 7.05. The van der Waals surface area contributed by atoms with Crippen LogP contribution in [0.15, 0.2) is 36.9 Å². The number of nitrogens with one attached hydrogen (secondary N) is 1. The van der Waals surface area contributed by atoms with Crippen LogP contribution in [0.5, 0.6) is 0 Å². The summed E-state index contributed by atoms with van der Waals surface area (Å²) in [5, 5.41) is 7.41. The largest absolute Gasteiger partial charge is 0.397 e. The Kier molecular flexibility index (Phi) is 3.33. The molecule has 0 radical (unpaired) electrons. The Balaban J connectivity index is 2.18. The SMILES string of the molecule is N=C/C=C(\N)c1cn2c(-c3nccc(Cl)n3)cnc2cn1. The average molecular weight is 300 g/mol. The van der Waals surface area contributed by atoms with Gasteiger partial charge in [-0.3, -0.25) is 4.40 Å². The van der Waals surface area contributed by atoms with Gasteiger partial charge in [-0.25, -0.2) is 19.9 Å². The van der Waals surface area contributed by atoms with Crippen molar-refractivity contribution in [2.24, 2.45) is 5.73 Å². The van der Waals surface area contributed by atoms with Crippen LogP contribution in [0.3, 0.4) is 0 Å². The zero-order valence-electron chi connectivity index (χ0n) is 10.7. The molecule has 0 fully saturated rings. The number of hydrogen-bond acceptors (Lipinski definition) is 6. The van der Waals surface area contributed by atoms with Gasteiger partial charge in [-0.15, -0.1) is 0 Å². The zero-order chi connectivity index (χ0) is 14.8. The maximum absolute atomic E-state index is 7.05. The molecule has 0 aromatic carbocycles. The minimum absolute atomic E-state index is 0.354. The summed E-state index contributed by atoms with van der Waals surface area (Å²) in [7, 11) is 0. The van der Waals surface area contributed by atoms with Crippen molar-refractivity contribution in [3.8, 4) is 11.5 Å². The number of hydrogen-bond donors (Lipinski definition) is 2. The van der Waals surface area contributed by atoms with E-state index in [0.717, 1.165) is 6.21 Å². The van der Waals surface area contributed by atoms with E-state index in [1.54, 1.807) is 35.3 Å². The Morgan fingerprint density at radius 2 is 2.14 bits per heavy atom. The van der Waals surface area contributed by atoms with Gasteiger partial charge in [0.2, 0.25) is 0 Å². The van der Waals surface area contributed by atoms with Crippen LogP contribution in [0.2, 0.25) is 5.15 Å². The summed E-state index contributed by atoms with van der Waals surface area (Å²) in [6.45, 7) is 0. The van der Waals surface area contributed by atoms with E-state index in [9.17, 15) is 0 Å². The molecular weight excluding hydrogens is 290 g/mol. The monoisotopic (exact) mass is 299 g/mol. The van der Waals surface area contributed by atoms with Gasteiger partial charge in [0.15, 0.2) is 11.5 Å². The van der Waals surface area contributed by atoms with Gasteiger partial charge in [-0.1, -0.05) is 11.6 Å². The van der Waals surface area contributed by atoms with Crippen molar-refractivity contribution in [1.29, 1.82) is 5.41 Å². The van der Waals surface area contributed by atoms with Crippen LogP contribution >= 0.6 is 11.6 Å². The lowest BCUT2D eigenvalue weighted by Gasteiger charge is -2.04. The summed E-state index contributed by atoms with van der Waals surface area (Å²) < 4.78 is 1.78. The molecule has 0 atom stereocenters. The van der Waals surface area contributed by atoms with Crippen molar-refractivity contribution in [2.45, 2.75) is 0 Å². The molecule has 0 aliphatic carbocycles. The van der Waals surface area contributed by atoms with Crippen LogP contribution in [0, 0.1) is 5.41 Å². The Morgan fingerprint density at radius 3 is 2.90 bits per heavy atom. The summed E-state index contributed by atoms with van der Waals surface area (Å²) in [5.74, 6) is 0.460. The van der Waals surface area contributed by atoms with Crippen molar-refractivity contribution in [3.05, 3.63) is 47.8 Å². The third-order valence-electron chi connectivity index (χ3n) is 2.81. The number of imidazole rings is 1. The Morgan fingerprint density at radius 1 is 1.29 bits per heavy atom. The van der Waals surface area contributed by atoms with Crippen molar-refractivity contribution in [2.75, 3.05) is 0 Å². The molecule has 21 heavy (non-hydrogen) atoms. The standard InChI is InChI=1S/C13H10ClN7/c14-11-2-4-17-13(20-11)10-5-19-12-6-18-9(7-21(10)12)8(16)1-3-15/h1-7,15H,16H2/b8-1-,15-3?. The first-order chi connectivity index (χ1) is 10.2. The van der Waals surface area contributed by atoms with Crippen LogP contribution in [-0.2, 0) is 0 Å². The van der Waals surface area contributed by atoms with E-state index in [-0.39, 0.29) is 0 Å². The molecule has 3 aromatic rings. The van der Waals surface area contributed by atoms with Crippen LogP contribution in [-0.4, -0.2) is 30.6 Å². The molecule has 3 heterocycles. The molecule has 8 heteroatoms. The number of rotatable bonds is 3. The molecule has 0 bridgehead atoms. The summed E-state index contributed by atoms with van der Waals surface area (Å²) in [6, 6.07) is 1.60. The number of nitrogens with zero attached hydrogens (tertiary/aromatic N) is 5. The Hall–Kier alpha value is -2.80. The third kappa shape index (κ3) is 2.46. The van der Waals surface area contributed by atoms with Gasteiger partial charge in [-0.05, 0) is 12.1 Å². The van der Waals surface area contributed by atoms with Gasteiger partial charge >= 0.3 is 0 Å². The molecule has 3 rings (SSSR count). The number of aromatic nitrogens is 5. The molecule has 104 valence electrons. The maximum Gasteiger partial charge on any atom is 0.179 e. The highest BCUT2D eigenvalue weighted by molar-refractivity contribution is 6.29. The summed E-state index contributed by atoms with van der Waals surface area (Å²) in [4.78, 5) is 16.8. The minimum Gasteiger partial charge on any atom is -0.397 e. The summed E-state index contributed by atoms with van der Waals surface area (Å²) in [6.07, 6.45) is 9.10. The van der Waals surface area contributed by atoms with Gasteiger partial charge in [0.25, 0.3) is 0 Å². The van der Waals surface area contributed by atoms with Crippen LogP contribution in [0.4, 0.5) is 0 Å². The molecule has 0 spiro atoms. The highest BCUT2D eigenvalue weighted by Gasteiger charge is 2.10. The second-order valence-corrected chi connectivity index (χ2v) is 4.52. The van der Waals surface area contributed by atoms with Gasteiger partial charge in [0.1, 0.15) is 16.5 Å². The third-order valence-corrected chi connectivity index (χ3v) is 3.02. The van der Waals surface area contributed by atoms with E-state index in [0.29, 0.717) is 33.7 Å². The quantitative estimate of drug-likeness (QED) is 0.566. The van der Waals surface area contributed by atoms with E-state index < -0.39 is 0 Å². The normalized spacial score (nSPS) is 11.8. The van der Waals surface area contributed by atoms with Crippen LogP contribution < -0.4 is 5.73 Å². The van der Waals surface area contributed by atoms with Gasteiger partial charge in [-0.2, -0.15) is 0 Å². The van der Waals surface area contributed by atoms with Crippen molar-refractivity contribution in [3.63, 3.8) is 0 Å². The van der Waals surface area contributed by atoms with Crippen LogP contribution in [0.25, 0.3) is 22.9 Å². The van der Waals surface area contributed by atoms with Gasteiger partial charge in [0.05, 0.1) is 18.1 Å². The predicted molar refractivity (Wildman–Crippen MR) is 80.0 cm³/mol. The topological polar surface area (TPSA) is 106 Å². The van der Waals surface area contributed by atoms with Gasteiger partial charge < -0.3 is 11.1 Å². The van der Waals surface area contributed by atoms with E-state index in [2.05, 4.69) is 19.9 Å². The second kappa shape index (κ2) is 5.29. The van der Waals surface area contributed by atoms with Crippen molar-refractivity contribution < 1.29 is 0 Å². The Bertz CT molecular complexity index is 853. The number of halogens is 1.